The second-order valence-corrected chi connectivity index (χ2v) is 8.97. The minimum Gasteiger partial charge on any atom is -0.379 e. The molecule has 11 heteroatoms. The number of nitrogens with one attached hydrogen (secondary N) is 2. The summed E-state index contributed by atoms with van der Waals surface area (Å²) < 4.78 is 57.8. The number of ether oxygens (including phenoxy) is 1. The third kappa shape index (κ3) is 4.98. The summed E-state index contributed by atoms with van der Waals surface area (Å²) in [6.07, 6.45) is 0. The first-order valence-corrected chi connectivity index (χ1v) is 10.6. The van der Waals surface area contributed by atoms with E-state index in [1.165, 1.54) is 28.6 Å². The maximum Gasteiger partial charge on any atom is 0.243 e. The molecule has 1 aromatic carbocycles. The van der Waals surface area contributed by atoms with Crippen molar-refractivity contribution in [2.24, 2.45) is 0 Å². The van der Waals surface area contributed by atoms with Crippen LogP contribution in [0.5, 0.6) is 0 Å². The van der Waals surface area contributed by atoms with Gasteiger partial charge < -0.3 is 10.1 Å². The van der Waals surface area contributed by atoms with Crippen molar-refractivity contribution in [2.75, 3.05) is 39.4 Å². The summed E-state index contributed by atoms with van der Waals surface area (Å²) >= 11 is 0. The molecule has 25 heavy (non-hydrogen) atoms. The molecule has 9 nitrogen and oxygen atoms in total. The van der Waals surface area contributed by atoms with Crippen LogP contribution in [0.3, 0.4) is 0 Å². The average Bonchev–Trinajstić information content (AvgIpc) is 2.61. The van der Waals surface area contributed by atoms with Gasteiger partial charge >= 0.3 is 0 Å². The smallest absolute Gasteiger partial charge is 0.243 e. The molecule has 1 aromatic rings. The van der Waals surface area contributed by atoms with Crippen LogP contribution < -0.4 is 10.0 Å². The maximum atomic E-state index is 12.5. The van der Waals surface area contributed by atoms with E-state index in [9.17, 15) is 21.6 Å². The number of rotatable bonds is 7. The fraction of sp³-hybridized carbons (Fsp3) is 0.500. The Morgan fingerprint density at radius 2 is 1.64 bits per heavy atom. The third-order valence-electron chi connectivity index (χ3n) is 3.54. The minimum absolute atomic E-state index is 0.0112. The number of morpholine rings is 1. The number of sulfonamides is 2. The molecule has 1 amide bonds. The normalized spacial score (nSPS) is 16.5. The van der Waals surface area contributed by atoms with Crippen molar-refractivity contribution in [3.63, 3.8) is 0 Å². The van der Waals surface area contributed by atoms with Gasteiger partial charge in [0.2, 0.25) is 26.0 Å². The first-order valence-electron chi connectivity index (χ1n) is 7.71. The summed E-state index contributed by atoms with van der Waals surface area (Å²) in [6, 6.07) is 4.89. The van der Waals surface area contributed by atoms with Gasteiger partial charge in [0.15, 0.2) is 0 Å². The second-order valence-electron chi connectivity index (χ2n) is 5.27. The van der Waals surface area contributed by atoms with E-state index < -0.39 is 26.0 Å². The predicted molar refractivity (Wildman–Crippen MR) is 89.9 cm³/mol. The van der Waals surface area contributed by atoms with Crippen LogP contribution in [0.1, 0.15) is 6.92 Å². The van der Waals surface area contributed by atoms with Gasteiger partial charge in [-0.05, 0) is 31.2 Å². The van der Waals surface area contributed by atoms with E-state index >= 15 is 0 Å². The Kier molecular flexibility index (Phi) is 6.52. The Balaban J connectivity index is 2.11. The standard InChI is InChI=1S/C14H21N3O6S2/c1-2-15-14(18)11-16-24(19,20)12-3-5-13(6-4-12)25(21,22)17-7-9-23-10-8-17/h3-6,16H,2,7-11H2,1H3,(H,15,18). The van der Waals surface area contributed by atoms with Crippen molar-refractivity contribution in [3.05, 3.63) is 24.3 Å². The first-order chi connectivity index (χ1) is 11.8. The lowest BCUT2D eigenvalue weighted by Crippen LogP contribution is -2.40. The van der Waals surface area contributed by atoms with E-state index in [2.05, 4.69) is 10.0 Å². The summed E-state index contributed by atoms with van der Waals surface area (Å²) in [5.74, 6) is -0.447. The molecule has 0 bridgehead atoms. The Morgan fingerprint density at radius 1 is 1.08 bits per heavy atom. The Labute approximate surface area is 147 Å². The van der Waals surface area contributed by atoms with Gasteiger partial charge in [-0.15, -0.1) is 0 Å². The lowest BCUT2D eigenvalue weighted by atomic mass is 10.4. The second kappa shape index (κ2) is 8.23. The lowest BCUT2D eigenvalue weighted by molar-refractivity contribution is -0.119. The van der Waals surface area contributed by atoms with Crippen LogP contribution in [0, 0.1) is 0 Å². The zero-order valence-corrected chi connectivity index (χ0v) is 15.4. The molecular weight excluding hydrogens is 370 g/mol. The number of amides is 1. The van der Waals surface area contributed by atoms with Crippen LogP contribution in [0.2, 0.25) is 0 Å². The van der Waals surface area contributed by atoms with E-state index in [-0.39, 0.29) is 29.4 Å². The molecule has 0 aliphatic carbocycles. The van der Waals surface area contributed by atoms with Crippen LogP contribution in [0.15, 0.2) is 34.1 Å². The van der Waals surface area contributed by atoms with E-state index in [0.29, 0.717) is 19.8 Å². The van der Waals surface area contributed by atoms with Crippen LogP contribution in [0.4, 0.5) is 0 Å². The molecule has 2 N–H and O–H groups in total. The number of likely N-dealkylation sites (N-methyl/N-ethyl adjacent to an activating group) is 1. The summed E-state index contributed by atoms with van der Waals surface area (Å²) in [6.45, 7) is 2.91. The highest BCUT2D eigenvalue weighted by molar-refractivity contribution is 7.89. The molecule has 2 rings (SSSR count). The van der Waals surface area contributed by atoms with Crippen molar-refractivity contribution in [1.82, 2.24) is 14.3 Å². The summed E-state index contributed by atoms with van der Waals surface area (Å²) in [5, 5.41) is 2.47. The van der Waals surface area contributed by atoms with E-state index in [4.69, 9.17) is 4.74 Å². The highest BCUT2D eigenvalue weighted by Gasteiger charge is 2.26. The van der Waals surface area contributed by atoms with Crippen molar-refractivity contribution in [2.45, 2.75) is 16.7 Å². The van der Waals surface area contributed by atoms with E-state index in [0.717, 1.165) is 0 Å². The minimum atomic E-state index is -3.90. The monoisotopic (exact) mass is 391 g/mol. The predicted octanol–water partition coefficient (Wildman–Crippen LogP) is -0.878. The molecule has 0 radical (unpaired) electrons. The van der Waals surface area contributed by atoms with Gasteiger partial charge in [-0.3, -0.25) is 4.79 Å². The number of nitrogens with zero attached hydrogens (tertiary/aromatic N) is 1. The molecular formula is C14H21N3O6S2. The van der Waals surface area contributed by atoms with Crippen LogP contribution in [0.25, 0.3) is 0 Å². The molecule has 0 aromatic heterocycles. The van der Waals surface area contributed by atoms with Gasteiger partial charge in [0, 0.05) is 19.6 Å². The van der Waals surface area contributed by atoms with Crippen molar-refractivity contribution in [1.29, 1.82) is 0 Å². The molecule has 1 fully saturated rings. The summed E-state index contributed by atoms with van der Waals surface area (Å²) in [4.78, 5) is 11.2. The van der Waals surface area contributed by atoms with Gasteiger partial charge in [-0.2, -0.15) is 4.31 Å². The topological polar surface area (TPSA) is 122 Å². The molecule has 1 aliphatic heterocycles. The molecule has 1 saturated heterocycles. The van der Waals surface area contributed by atoms with Crippen molar-refractivity contribution in [3.8, 4) is 0 Å². The fourth-order valence-corrected chi connectivity index (χ4v) is 4.62. The quantitative estimate of drug-likeness (QED) is 0.623. The van der Waals surface area contributed by atoms with Gasteiger partial charge in [0.25, 0.3) is 0 Å². The zero-order valence-electron chi connectivity index (χ0n) is 13.8. The number of benzene rings is 1. The lowest BCUT2D eigenvalue weighted by Gasteiger charge is -2.26. The summed E-state index contributed by atoms with van der Waals surface area (Å²) in [5.41, 5.74) is 0. The fourth-order valence-electron chi connectivity index (χ4n) is 2.23. The Hall–Kier alpha value is -1.53. The van der Waals surface area contributed by atoms with Gasteiger partial charge in [-0.1, -0.05) is 0 Å². The van der Waals surface area contributed by atoms with Gasteiger partial charge in [-0.25, -0.2) is 21.6 Å². The summed E-state index contributed by atoms with van der Waals surface area (Å²) in [7, 11) is -7.58. The molecule has 1 heterocycles. The van der Waals surface area contributed by atoms with Crippen LogP contribution >= 0.6 is 0 Å². The Bertz CT molecular complexity index is 799. The van der Waals surface area contributed by atoms with Crippen LogP contribution in [-0.2, 0) is 29.6 Å². The van der Waals surface area contributed by atoms with Gasteiger partial charge in [0.1, 0.15) is 0 Å². The number of carbonyl (C=O) groups excluding carboxylic acids is 1. The highest BCUT2D eigenvalue weighted by atomic mass is 32.2. The molecule has 0 atom stereocenters. The SMILES string of the molecule is CCNC(=O)CNS(=O)(=O)c1ccc(S(=O)(=O)N2CCOCC2)cc1. The van der Waals surface area contributed by atoms with E-state index in [1.54, 1.807) is 6.92 Å². The molecule has 0 spiro atoms. The number of hydrogen-bond acceptors (Lipinski definition) is 6. The largest absolute Gasteiger partial charge is 0.379 e. The van der Waals surface area contributed by atoms with Crippen molar-refractivity contribution >= 4 is 26.0 Å². The molecule has 1 aliphatic rings. The molecule has 0 unspecified atom stereocenters. The zero-order chi connectivity index (χ0) is 18.5. The maximum absolute atomic E-state index is 12.5. The highest BCUT2D eigenvalue weighted by Crippen LogP contribution is 2.19. The number of hydrogen-bond donors (Lipinski definition) is 2. The van der Waals surface area contributed by atoms with Crippen molar-refractivity contribution < 1.29 is 26.4 Å². The average molecular weight is 391 g/mol. The number of carbonyl (C=O) groups is 1. The van der Waals surface area contributed by atoms with Crippen LogP contribution in [-0.4, -0.2) is 66.4 Å². The van der Waals surface area contributed by atoms with Gasteiger partial charge in [0.05, 0.1) is 29.5 Å². The van der Waals surface area contributed by atoms with E-state index in [1.807, 2.05) is 0 Å². The third-order valence-corrected chi connectivity index (χ3v) is 6.87. The first kappa shape index (κ1) is 19.8. The molecule has 0 saturated carbocycles. The Morgan fingerprint density at radius 3 is 2.20 bits per heavy atom. The molecule has 140 valence electrons.